The summed E-state index contributed by atoms with van der Waals surface area (Å²) in [5.74, 6) is 0.948. The van der Waals surface area contributed by atoms with Crippen molar-refractivity contribution in [2.24, 2.45) is 0 Å². The second kappa shape index (κ2) is 11.4. The van der Waals surface area contributed by atoms with Crippen LogP contribution < -0.4 is 19.1 Å². The topological polar surface area (TPSA) is 84.9 Å². The molecule has 0 fully saturated rings. The zero-order chi connectivity index (χ0) is 23.7. The average molecular weight is 469 g/mol. The number of hydrogen-bond acceptors (Lipinski definition) is 5. The predicted octanol–water partition coefficient (Wildman–Crippen LogP) is 3.65. The Morgan fingerprint density at radius 3 is 2.15 bits per heavy atom. The third-order valence-electron chi connectivity index (χ3n) is 5.00. The fraction of sp³-hybridized carbons (Fsp3) is 0.240. The summed E-state index contributed by atoms with van der Waals surface area (Å²) in [5.41, 5.74) is 1.51. The zero-order valence-electron chi connectivity index (χ0n) is 18.7. The minimum Gasteiger partial charge on any atom is -0.497 e. The molecule has 0 unspecified atom stereocenters. The fourth-order valence-electron chi connectivity index (χ4n) is 3.15. The number of benzene rings is 3. The Hall–Kier alpha value is -3.52. The molecular formula is C25H28N2O5S. The van der Waals surface area contributed by atoms with Crippen LogP contribution >= 0.6 is 0 Å². The molecule has 33 heavy (non-hydrogen) atoms. The number of carbonyl (C=O) groups is 1. The van der Waals surface area contributed by atoms with Crippen LogP contribution in [0, 0.1) is 0 Å². The molecule has 1 amide bonds. The van der Waals surface area contributed by atoms with E-state index < -0.39 is 15.9 Å². The van der Waals surface area contributed by atoms with Gasteiger partial charge in [-0.15, -0.1) is 0 Å². The van der Waals surface area contributed by atoms with E-state index >= 15 is 0 Å². The van der Waals surface area contributed by atoms with Crippen molar-refractivity contribution in [2.45, 2.75) is 18.2 Å². The lowest BCUT2D eigenvalue weighted by Crippen LogP contribution is -2.41. The third kappa shape index (κ3) is 6.49. The van der Waals surface area contributed by atoms with Gasteiger partial charge in [-0.2, -0.15) is 0 Å². The maximum absolute atomic E-state index is 13.3. The van der Waals surface area contributed by atoms with Crippen LogP contribution in [0.2, 0.25) is 0 Å². The van der Waals surface area contributed by atoms with Crippen LogP contribution in [-0.4, -0.2) is 41.1 Å². The molecule has 0 radical (unpaired) electrons. The zero-order valence-corrected chi connectivity index (χ0v) is 19.5. The van der Waals surface area contributed by atoms with Gasteiger partial charge in [0.25, 0.3) is 10.0 Å². The third-order valence-corrected chi connectivity index (χ3v) is 6.79. The predicted molar refractivity (Wildman–Crippen MR) is 128 cm³/mol. The molecule has 3 aromatic carbocycles. The number of amides is 1. The van der Waals surface area contributed by atoms with E-state index in [2.05, 4.69) is 5.32 Å². The van der Waals surface area contributed by atoms with Crippen LogP contribution in [0.25, 0.3) is 0 Å². The lowest BCUT2D eigenvalue weighted by molar-refractivity contribution is -0.119. The molecule has 0 aromatic heterocycles. The summed E-state index contributed by atoms with van der Waals surface area (Å²) in [5, 5.41) is 2.73. The van der Waals surface area contributed by atoms with Gasteiger partial charge in [-0.05, 0) is 60.5 Å². The van der Waals surface area contributed by atoms with Crippen molar-refractivity contribution in [1.29, 1.82) is 0 Å². The number of hydrogen-bond donors (Lipinski definition) is 1. The molecule has 0 bridgehead atoms. The number of methoxy groups -OCH3 is 1. The molecule has 0 atom stereocenters. The standard InChI is InChI=1S/C25H28N2O5S/c1-3-20-9-11-21(12-10-20)27(33(29,30)24-7-5-4-6-8-24)19-25(28)26-17-18-32-23-15-13-22(31-2)14-16-23/h4-16H,3,17-19H2,1-2H3,(H,26,28). The monoisotopic (exact) mass is 468 g/mol. The van der Waals surface area contributed by atoms with E-state index in [4.69, 9.17) is 9.47 Å². The highest BCUT2D eigenvalue weighted by molar-refractivity contribution is 7.92. The molecular weight excluding hydrogens is 440 g/mol. The summed E-state index contributed by atoms with van der Waals surface area (Å²) in [4.78, 5) is 12.8. The van der Waals surface area contributed by atoms with E-state index in [9.17, 15) is 13.2 Å². The number of nitrogens with zero attached hydrogens (tertiary/aromatic N) is 1. The minimum absolute atomic E-state index is 0.125. The SMILES string of the molecule is CCc1ccc(N(CC(=O)NCCOc2ccc(OC)cc2)S(=O)(=O)c2ccccc2)cc1. The summed E-state index contributed by atoms with van der Waals surface area (Å²) in [6.07, 6.45) is 0.834. The molecule has 0 saturated heterocycles. The smallest absolute Gasteiger partial charge is 0.264 e. The van der Waals surface area contributed by atoms with Crippen molar-refractivity contribution in [3.05, 3.63) is 84.4 Å². The maximum atomic E-state index is 13.3. The number of aryl methyl sites for hydroxylation is 1. The number of anilines is 1. The van der Waals surface area contributed by atoms with Crippen molar-refractivity contribution in [3.8, 4) is 11.5 Å². The van der Waals surface area contributed by atoms with Gasteiger partial charge >= 0.3 is 0 Å². The molecule has 0 heterocycles. The van der Waals surface area contributed by atoms with Gasteiger partial charge in [-0.25, -0.2) is 8.42 Å². The van der Waals surface area contributed by atoms with Gasteiger partial charge in [-0.3, -0.25) is 9.10 Å². The largest absolute Gasteiger partial charge is 0.497 e. The Balaban J connectivity index is 1.66. The van der Waals surface area contributed by atoms with Crippen LogP contribution in [0.4, 0.5) is 5.69 Å². The van der Waals surface area contributed by atoms with Gasteiger partial charge in [0.15, 0.2) is 0 Å². The van der Waals surface area contributed by atoms with E-state index in [1.54, 1.807) is 61.7 Å². The molecule has 8 heteroatoms. The summed E-state index contributed by atoms with van der Waals surface area (Å²) >= 11 is 0. The number of nitrogens with one attached hydrogen (secondary N) is 1. The van der Waals surface area contributed by atoms with E-state index in [1.165, 1.54) is 12.1 Å². The maximum Gasteiger partial charge on any atom is 0.264 e. The second-order valence-electron chi connectivity index (χ2n) is 7.22. The molecule has 7 nitrogen and oxygen atoms in total. The lowest BCUT2D eigenvalue weighted by atomic mass is 10.1. The summed E-state index contributed by atoms with van der Waals surface area (Å²) in [7, 11) is -2.33. The number of sulfonamides is 1. The highest BCUT2D eigenvalue weighted by Crippen LogP contribution is 2.24. The quantitative estimate of drug-likeness (QED) is 0.434. The van der Waals surface area contributed by atoms with Crippen LogP contribution in [0.1, 0.15) is 12.5 Å². The Kier molecular flexibility index (Phi) is 8.32. The first-order valence-electron chi connectivity index (χ1n) is 10.6. The lowest BCUT2D eigenvalue weighted by Gasteiger charge is -2.24. The normalized spacial score (nSPS) is 11.0. The molecule has 3 rings (SSSR count). The molecule has 3 aromatic rings. The van der Waals surface area contributed by atoms with Crippen molar-refractivity contribution >= 4 is 21.6 Å². The number of carbonyl (C=O) groups excluding carboxylic acids is 1. The molecule has 0 aliphatic rings. The van der Waals surface area contributed by atoms with Gasteiger partial charge in [0.1, 0.15) is 24.7 Å². The number of rotatable bonds is 11. The highest BCUT2D eigenvalue weighted by Gasteiger charge is 2.27. The van der Waals surface area contributed by atoms with Gasteiger partial charge in [0, 0.05) is 0 Å². The molecule has 0 saturated carbocycles. The Morgan fingerprint density at radius 2 is 1.55 bits per heavy atom. The average Bonchev–Trinajstić information content (AvgIpc) is 2.86. The van der Waals surface area contributed by atoms with Crippen molar-refractivity contribution in [1.82, 2.24) is 5.32 Å². The first kappa shape index (κ1) is 24.1. The molecule has 0 aliphatic carbocycles. The first-order valence-corrected chi connectivity index (χ1v) is 12.1. The van der Waals surface area contributed by atoms with E-state index in [0.29, 0.717) is 11.4 Å². The van der Waals surface area contributed by atoms with Gasteiger partial charge in [0.05, 0.1) is 24.2 Å². The molecule has 1 N–H and O–H groups in total. The van der Waals surface area contributed by atoms with Gasteiger partial charge in [0.2, 0.25) is 5.91 Å². The van der Waals surface area contributed by atoms with Crippen LogP contribution in [0.3, 0.4) is 0 Å². The van der Waals surface area contributed by atoms with E-state index in [-0.39, 0.29) is 24.6 Å². The summed E-state index contributed by atoms with van der Waals surface area (Å²) in [6, 6.07) is 22.4. The van der Waals surface area contributed by atoms with Crippen LogP contribution in [-0.2, 0) is 21.2 Å². The Morgan fingerprint density at radius 1 is 0.909 bits per heavy atom. The first-order chi connectivity index (χ1) is 15.9. The minimum atomic E-state index is -3.92. The van der Waals surface area contributed by atoms with Crippen LogP contribution in [0.5, 0.6) is 11.5 Å². The summed E-state index contributed by atoms with van der Waals surface area (Å²) in [6.45, 7) is 2.16. The van der Waals surface area contributed by atoms with Crippen molar-refractivity contribution in [3.63, 3.8) is 0 Å². The van der Waals surface area contributed by atoms with Crippen molar-refractivity contribution in [2.75, 3.05) is 31.1 Å². The van der Waals surface area contributed by atoms with Gasteiger partial charge < -0.3 is 14.8 Å². The number of ether oxygens (including phenoxy) is 2. The molecule has 174 valence electrons. The van der Waals surface area contributed by atoms with E-state index in [1.807, 2.05) is 19.1 Å². The second-order valence-corrected chi connectivity index (χ2v) is 9.08. The Bertz CT molecular complexity index is 1130. The Labute approximate surface area is 195 Å². The fourth-order valence-corrected chi connectivity index (χ4v) is 4.59. The van der Waals surface area contributed by atoms with E-state index in [0.717, 1.165) is 22.0 Å². The van der Waals surface area contributed by atoms with Gasteiger partial charge in [-0.1, -0.05) is 37.3 Å². The van der Waals surface area contributed by atoms with Crippen LogP contribution in [0.15, 0.2) is 83.8 Å². The molecule has 0 spiro atoms. The summed E-state index contributed by atoms with van der Waals surface area (Å²) < 4.78 is 38.4. The molecule has 0 aliphatic heterocycles. The highest BCUT2D eigenvalue weighted by atomic mass is 32.2. The van der Waals surface area contributed by atoms with Crippen molar-refractivity contribution < 1.29 is 22.7 Å².